The smallest absolute Gasteiger partial charge is 0.252 e. The average molecular weight is 174 g/mol. The van der Waals surface area contributed by atoms with E-state index in [1.54, 1.807) is 12.1 Å². The zero-order valence-electron chi connectivity index (χ0n) is 6.69. The molecule has 5 heteroatoms. The number of amides is 1. The van der Waals surface area contributed by atoms with E-state index in [1.165, 1.54) is 0 Å². The number of benzene rings is 1. The number of rotatable bonds is 1. The average Bonchev–Trinajstić information content (AvgIpc) is 2.50. The third kappa shape index (κ3) is 1.11. The van der Waals surface area contributed by atoms with Crippen LogP contribution in [0.15, 0.2) is 23.3 Å². The van der Waals surface area contributed by atoms with E-state index in [4.69, 9.17) is 5.53 Å². The van der Waals surface area contributed by atoms with Gasteiger partial charge in [-0.05, 0) is 11.1 Å². The van der Waals surface area contributed by atoms with Crippen molar-refractivity contribution in [2.45, 2.75) is 6.54 Å². The fraction of sp³-hybridized carbons (Fsp3) is 0.125. The highest BCUT2D eigenvalue weighted by atomic mass is 16.1. The second-order valence-corrected chi connectivity index (χ2v) is 2.68. The van der Waals surface area contributed by atoms with Crippen molar-refractivity contribution in [3.63, 3.8) is 0 Å². The van der Waals surface area contributed by atoms with Crippen molar-refractivity contribution in [3.05, 3.63) is 39.8 Å². The number of nitrogens with one attached hydrogen (secondary N) is 1. The zero-order valence-corrected chi connectivity index (χ0v) is 6.69. The second kappa shape index (κ2) is 2.80. The number of carbonyl (C=O) groups is 1. The number of hydrogen-bond donors (Lipinski definition) is 1. The van der Waals surface area contributed by atoms with Crippen molar-refractivity contribution in [2.24, 2.45) is 5.11 Å². The van der Waals surface area contributed by atoms with Gasteiger partial charge in [-0.2, -0.15) is 0 Å². The summed E-state index contributed by atoms with van der Waals surface area (Å²) in [6.07, 6.45) is 0. The van der Waals surface area contributed by atoms with Crippen LogP contribution in [-0.4, -0.2) is 5.91 Å². The van der Waals surface area contributed by atoms with Gasteiger partial charge in [0.1, 0.15) is 0 Å². The fourth-order valence-electron chi connectivity index (χ4n) is 1.39. The minimum absolute atomic E-state index is 0.169. The van der Waals surface area contributed by atoms with Crippen LogP contribution in [-0.2, 0) is 6.54 Å². The van der Waals surface area contributed by atoms with E-state index < -0.39 is 0 Å². The summed E-state index contributed by atoms with van der Waals surface area (Å²) in [4.78, 5) is 13.9. The first-order valence-electron chi connectivity index (χ1n) is 3.78. The predicted molar refractivity (Wildman–Crippen MR) is 46.4 cm³/mol. The Labute approximate surface area is 74.0 Å². The van der Waals surface area contributed by atoms with Crippen LogP contribution >= 0.6 is 0 Å². The Bertz CT molecular complexity index is 420. The summed E-state index contributed by atoms with van der Waals surface area (Å²) in [7, 11) is 0. The third-order valence-corrected chi connectivity index (χ3v) is 1.95. The van der Waals surface area contributed by atoms with E-state index in [9.17, 15) is 4.79 Å². The third-order valence-electron chi connectivity index (χ3n) is 1.95. The molecular formula is C8H6N4O. The Morgan fingerprint density at radius 2 is 2.38 bits per heavy atom. The molecule has 1 aliphatic heterocycles. The first kappa shape index (κ1) is 7.64. The molecule has 0 spiro atoms. The molecule has 0 aliphatic carbocycles. The maximum atomic E-state index is 11.3. The Kier molecular flexibility index (Phi) is 1.65. The summed E-state index contributed by atoms with van der Waals surface area (Å²) >= 11 is 0. The highest BCUT2D eigenvalue weighted by Gasteiger charge is 2.20. The van der Waals surface area contributed by atoms with Gasteiger partial charge in [0, 0.05) is 11.5 Å². The van der Waals surface area contributed by atoms with Crippen molar-refractivity contribution in [1.82, 2.24) is 5.32 Å². The molecule has 1 amide bonds. The molecule has 64 valence electrons. The Morgan fingerprint density at radius 3 is 3.15 bits per heavy atom. The number of nitrogens with zero attached hydrogens (tertiary/aromatic N) is 3. The number of carbonyl (C=O) groups excluding carboxylic acids is 1. The number of azide groups is 1. The highest BCUT2D eigenvalue weighted by Crippen LogP contribution is 2.26. The van der Waals surface area contributed by atoms with Crippen LogP contribution in [0.3, 0.4) is 0 Å². The molecule has 0 saturated heterocycles. The quantitative estimate of drug-likeness (QED) is 0.393. The van der Waals surface area contributed by atoms with Crippen LogP contribution in [0.1, 0.15) is 15.9 Å². The van der Waals surface area contributed by atoms with E-state index in [2.05, 4.69) is 15.3 Å². The van der Waals surface area contributed by atoms with Gasteiger partial charge in [-0.1, -0.05) is 23.3 Å². The summed E-state index contributed by atoms with van der Waals surface area (Å²) in [6, 6.07) is 5.23. The SMILES string of the molecule is [N-]=[N+]=Nc1cccc2c1C(=O)NC2. The predicted octanol–water partition coefficient (Wildman–Crippen LogP) is 1.87. The van der Waals surface area contributed by atoms with Crippen LogP contribution in [0.2, 0.25) is 0 Å². The Balaban J connectivity index is 2.66. The molecule has 1 N–H and O–H groups in total. The molecule has 0 fully saturated rings. The molecule has 0 unspecified atom stereocenters. The van der Waals surface area contributed by atoms with Crippen molar-refractivity contribution in [3.8, 4) is 0 Å². The second-order valence-electron chi connectivity index (χ2n) is 2.68. The molecule has 1 aromatic rings. The van der Waals surface area contributed by atoms with Gasteiger partial charge >= 0.3 is 0 Å². The molecule has 1 aliphatic rings. The molecule has 1 aromatic carbocycles. The van der Waals surface area contributed by atoms with Crippen LogP contribution in [0.25, 0.3) is 10.4 Å². The molecular weight excluding hydrogens is 168 g/mol. The summed E-state index contributed by atoms with van der Waals surface area (Å²) in [5.41, 5.74) is 10.0. The van der Waals surface area contributed by atoms with Crippen LogP contribution in [0.5, 0.6) is 0 Å². The summed E-state index contributed by atoms with van der Waals surface area (Å²) in [6.45, 7) is 0.517. The zero-order chi connectivity index (χ0) is 9.26. The molecule has 1 heterocycles. The lowest BCUT2D eigenvalue weighted by atomic mass is 10.1. The van der Waals surface area contributed by atoms with Gasteiger partial charge < -0.3 is 5.32 Å². The summed E-state index contributed by atoms with van der Waals surface area (Å²) < 4.78 is 0. The van der Waals surface area contributed by atoms with Crippen LogP contribution < -0.4 is 5.32 Å². The normalized spacial score (nSPS) is 13.1. The lowest BCUT2D eigenvalue weighted by molar-refractivity contribution is 0.0966. The van der Waals surface area contributed by atoms with E-state index in [1.807, 2.05) is 6.07 Å². The monoisotopic (exact) mass is 174 g/mol. The molecule has 0 saturated carbocycles. The summed E-state index contributed by atoms with van der Waals surface area (Å²) in [5.74, 6) is -0.169. The van der Waals surface area contributed by atoms with E-state index in [0.29, 0.717) is 17.8 Å². The topological polar surface area (TPSA) is 77.9 Å². The maximum absolute atomic E-state index is 11.3. The molecule has 2 rings (SSSR count). The van der Waals surface area contributed by atoms with Crippen molar-refractivity contribution < 1.29 is 4.79 Å². The minimum atomic E-state index is -0.169. The standard InChI is InChI=1S/C8H6N4O/c9-12-11-6-3-1-2-5-4-10-8(13)7(5)6/h1-3H,4H2,(H,10,13). The molecule has 0 aromatic heterocycles. The van der Waals surface area contributed by atoms with Crippen molar-refractivity contribution in [1.29, 1.82) is 0 Å². The lowest BCUT2D eigenvalue weighted by Gasteiger charge is -1.97. The van der Waals surface area contributed by atoms with Crippen molar-refractivity contribution in [2.75, 3.05) is 0 Å². The fourth-order valence-corrected chi connectivity index (χ4v) is 1.39. The number of fused-ring (bicyclic) bond motifs is 1. The maximum Gasteiger partial charge on any atom is 0.252 e. The molecule has 13 heavy (non-hydrogen) atoms. The van der Waals surface area contributed by atoms with Crippen LogP contribution in [0, 0.1) is 0 Å². The summed E-state index contributed by atoms with van der Waals surface area (Å²) in [5, 5.41) is 6.11. The first-order chi connectivity index (χ1) is 6.33. The molecule has 0 atom stereocenters. The van der Waals surface area contributed by atoms with Gasteiger partial charge in [-0.3, -0.25) is 4.79 Å². The molecule has 0 bridgehead atoms. The molecule has 5 nitrogen and oxygen atoms in total. The molecule has 0 radical (unpaired) electrons. The van der Waals surface area contributed by atoms with E-state index >= 15 is 0 Å². The van der Waals surface area contributed by atoms with E-state index in [-0.39, 0.29) is 5.91 Å². The van der Waals surface area contributed by atoms with Gasteiger partial charge in [0.25, 0.3) is 5.91 Å². The largest absolute Gasteiger partial charge is 0.348 e. The highest BCUT2D eigenvalue weighted by molar-refractivity contribution is 6.02. The number of hydrogen-bond acceptors (Lipinski definition) is 2. The van der Waals surface area contributed by atoms with Gasteiger partial charge in [-0.15, -0.1) is 0 Å². The van der Waals surface area contributed by atoms with E-state index in [0.717, 1.165) is 5.56 Å². The van der Waals surface area contributed by atoms with Gasteiger partial charge in [0.05, 0.1) is 11.3 Å². The van der Waals surface area contributed by atoms with Gasteiger partial charge in [0.15, 0.2) is 0 Å². The minimum Gasteiger partial charge on any atom is -0.348 e. The first-order valence-corrected chi connectivity index (χ1v) is 3.78. The van der Waals surface area contributed by atoms with Gasteiger partial charge in [0.2, 0.25) is 0 Å². The Hall–Kier alpha value is -2.00. The Morgan fingerprint density at radius 1 is 1.54 bits per heavy atom. The van der Waals surface area contributed by atoms with Gasteiger partial charge in [-0.25, -0.2) is 0 Å². The lowest BCUT2D eigenvalue weighted by Crippen LogP contribution is -2.12. The van der Waals surface area contributed by atoms with Crippen LogP contribution in [0.4, 0.5) is 5.69 Å². The van der Waals surface area contributed by atoms with Crippen molar-refractivity contribution >= 4 is 11.6 Å².